The molecule has 5 nitrogen and oxygen atoms in total. The number of hydrogen-bond donors (Lipinski definition) is 3. The van der Waals surface area contributed by atoms with Crippen molar-refractivity contribution in [1.29, 1.82) is 0 Å². The fourth-order valence-electron chi connectivity index (χ4n) is 1.24. The Hall–Kier alpha value is -1.10. The minimum absolute atomic E-state index is 0.0378. The van der Waals surface area contributed by atoms with Gasteiger partial charge in [0.05, 0.1) is 12.5 Å². The summed E-state index contributed by atoms with van der Waals surface area (Å²) >= 11 is 0. The maximum absolute atomic E-state index is 11.5. The van der Waals surface area contributed by atoms with Crippen molar-refractivity contribution in [1.82, 2.24) is 10.6 Å². The molecule has 5 heteroatoms. The number of hydrogen-bond acceptors (Lipinski definition) is 3. The van der Waals surface area contributed by atoms with Crippen LogP contribution in [0, 0.1) is 0 Å². The first-order chi connectivity index (χ1) is 7.11. The number of nitrogens with two attached hydrogens (primary N) is 1. The molecule has 15 heavy (non-hydrogen) atoms. The second-order valence-electron chi connectivity index (χ2n) is 3.51. The van der Waals surface area contributed by atoms with Crippen molar-refractivity contribution in [3.8, 4) is 0 Å². The summed E-state index contributed by atoms with van der Waals surface area (Å²) in [6.45, 7) is 2.76. The average molecular weight is 215 g/mol. The standard InChI is InChI=1S/C10H21N3O2/c1-3-4-5-6-13-10(15)8(12-2)7-9(11)14/h8,12H,3-7H2,1-2H3,(H2,11,14)(H,13,15). The van der Waals surface area contributed by atoms with Gasteiger partial charge in [0.25, 0.3) is 0 Å². The van der Waals surface area contributed by atoms with Gasteiger partial charge in [-0.05, 0) is 13.5 Å². The van der Waals surface area contributed by atoms with E-state index in [0.717, 1.165) is 19.3 Å². The van der Waals surface area contributed by atoms with E-state index in [-0.39, 0.29) is 12.3 Å². The van der Waals surface area contributed by atoms with Crippen LogP contribution in [0.5, 0.6) is 0 Å². The Bertz CT molecular complexity index is 207. The van der Waals surface area contributed by atoms with E-state index in [4.69, 9.17) is 5.73 Å². The van der Waals surface area contributed by atoms with Crippen LogP contribution in [0.3, 0.4) is 0 Å². The zero-order chi connectivity index (χ0) is 11.7. The molecule has 88 valence electrons. The molecule has 0 bridgehead atoms. The van der Waals surface area contributed by atoms with Gasteiger partial charge in [-0.2, -0.15) is 0 Å². The van der Waals surface area contributed by atoms with Gasteiger partial charge in [-0.1, -0.05) is 19.8 Å². The Labute approximate surface area is 90.8 Å². The van der Waals surface area contributed by atoms with E-state index in [0.29, 0.717) is 6.54 Å². The van der Waals surface area contributed by atoms with Crippen LogP contribution in [-0.4, -0.2) is 31.4 Å². The highest BCUT2D eigenvalue weighted by Crippen LogP contribution is 1.94. The van der Waals surface area contributed by atoms with Gasteiger partial charge >= 0.3 is 0 Å². The molecule has 2 amide bonds. The maximum atomic E-state index is 11.5. The van der Waals surface area contributed by atoms with Crippen LogP contribution >= 0.6 is 0 Å². The van der Waals surface area contributed by atoms with Crippen LogP contribution in [0.15, 0.2) is 0 Å². The fraction of sp³-hybridized carbons (Fsp3) is 0.800. The van der Waals surface area contributed by atoms with Crippen molar-refractivity contribution in [2.75, 3.05) is 13.6 Å². The fourth-order valence-corrected chi connectivity index (χ4v) is 1.24. The summed E-state index contributed by atoms with van der Waals surface area (Å²) in [5.74, 6) is -0.634. The number of nitrogens with one attached hydrogen (secondary N) is 2. The first kappa shape index (κ1) is 13.9. The van der Waals surface area contributed by atoms with Crippen molar-refractivity contribution in [2.45, 2.75) is 38.6 Å². The molecule has 1 atom stereocenters. The molecule has 0 saturated heterocycles. The van der Waals surface area contributed by atoms with Crippen LogP contribution < -0.4 is 16.4 Å². The van der Waals surface area contributed by atoms with Crippen LogP contribution in [0.2, 0.25) is 0 Å². The highest BCUT2D eigenvalue weighted by Gasteiger charge is 2.17. The zero-order valence-electron chi connectivity index (χ0n) is 9.51. The van der Waals surface area contributed by atoms with Crippen LogP contribution in [0.1, 0.15) is 32.6 Å². The Kier molecular flexibility index (Phi) is 7.62. The smallest absolute Gasteiger partial charge is 0.237 e. The summed E-state index contributed by atoms with van der Waals surface area (Å²) in [6, 6.07) is -0.510. The molecule has 0 saturated carbocycles. The molecule has 0 aromatic rings. The topological polar surface area (TPSA) is 84.2 Å². The summed E-state index contributed by atoms with van der Waals surface area (Å²) in [4.78, 5) is 22.1. The third-order valence-corrected chi connectivity index (χ3v) is 2.15. The number of amides is 2. The van der Waals surface area contributed by atoms with E-state index in [9.17, 15) is 9.59 Å². The average Bonchev–Trinajstić information content (AvgIpc) is 2.20. The molecule has 0 aromatic heterocycles. The van der Waals surface area contributed by atoms with E-state index in [1.165, 1.54) is 0 Å². The zero-order valence-corrected chi connectivity index (χ0v) is 9.51. The van der Waals surface area contributed by atoms with Crippen molar-refractivity contribution in [3.05, 3.63) is 0 Å². The van der Waals surface area contributed by atoms with Crippen molar-refractivity contribution in [2.24, 2.45) is 5.73 Å². The molecular weight excluding hydrogens is 194 g/mol. The molecule has 0 aliphatic carbocycles. The first-order valence-electron chi connectivity index (χ1n) is 5.35. The molecule has 0 aliphatic heterocycles. The summed E-state index contributed by atoms with van der Waals surface area (Å²) in [5, 5.41) is 5.53. The summed E-state index contributed by atoms with van der Waals surface area (Å²) in [6.07, 6.45) is 3.22. The normalized spacial score (nSPS) is 12.1. The SMILES string of the molecule is CCCCCNC(=O)C(CC(N)=O)NC. The molecular formula is C10H21N3O2. The molecule has 0 aliphatic rings. The number of carbonyl (C=O) groups is 2. The lowest BCUT2D eigenvalue weighted by atomic mass is 10.2. The number of carbonyl (C=O) groups excluding carboxylic acids is 2. The second kappa shape index (κ2) is 8.23. The third kappa shape index (κ3) is 6.90. The van der Waals surface area contributed by atoms with Gasteiger partial charge in [0.2, 0.25) is 11.8 Å². The van der Waals surface area contributed by atoms with Gasteiger partial charge in [-0.3, -0.25) is 9.59 Å². The van der Waals surface area contributed by atoms with Crippen LogP contribution in [0.25, 0.3) is 0 Å². The van der Waals surface area contributed by atoms with Gasteiger partial charge in [-0.15, -0.1) is 0 Å². The Balaban J connectivity index is 3.78. The van der Waals surface area contributed by atoms with Gasteiger partial charge in [0.1, 0.15) is 0 Å². The minimum atomic E-state index is -0.510. The van der Waals surface area contributed by atoms with E-state index < -0.39 is 11.9 Å². The molecule has 4 N–H and O–H groups in total. The predicted octanol–water partition coefficient (Wildman–Crippen LogP) is -0.244. The molecule has 0 aromatic carbocycles. The molecule has 0 heterocycles. The molecule has 0 spiro atoms. The van der Waals surface area contributed by atoms with E-state index >= 15 is 0 Å². The Morgan fingerprint density at radius 2 is 2.00 bits per heavy atom. The number of likely N-dealkylation sites (N-methyl/N-ethyl adjacent to an activating group) is 1. The minimum Gasteiger partial charge on any atom is -0.370 e. The van der Waals surface area contributed by atoms with Gasteiger partial charge < -0.3 is 16.4 Å². The van der Waals surface area contributed by atoms with E-state index in [2.05, 4.69) is 17.6 Å². The summed E-state index contributed by atoms with van der Waals surface area (Å²) in [5.41, 5.74) is 5.02. The number of primary amides is 1. The van der Waals surface area contributed by atoms with Crippen molar-refractivity contribution < 1.29 is 9.59 Å². The lowest BCUT2D eigenvalue weighted by molar-refractivity contribution is -0.127. The maximum Gasteiger partial charge on any atom is 0.237 e. The third-order valence-electron chi connectivity index (χ3n) is 2.15. The highest BCUT2D eigenvalue weighted by atomic mass is 16.2. The van der Waals surface area contributed by atoms with Gasteiger partial charge in [-0.25, -0.2) is 0 Å². The predicted molar refractivity (Wildman–Crippen MR) is 59.2 cm³/mol. The van der Waals surface area contributed by atoms with E-state index in [1.54, 1.807) is 7.05 Å². The van der Waals surface area contributed by atoms with E-state index in [1.807, 2.05) is 0 Å². The number of rotatable bonds is 8. The largest absolute Gasteiger partial charge is 0.370 e. The molecule has 0 radical (unpaired) electrons. The van der Waals surface area contributed by atoms with Crippen LogP contribution in [0.4, 0.5) is 0 Å². The van der Waals surface area contributed by atoms with Gasteiger partial charge in [0, 0.05) is 6.54 Å². The van der Waals surface area contributed by atoms with Crippen molar-refractivity contribution in [3.63, 3.8) is 0 Å². The number of unbranched alkanes of at least 4 members (excludes halogenated alkanes) is 2. The van der Waals surface area contributed by atoms with Crippen molar-refractivity contribution >= 4 is 11.8 Å². The molecule has 0 fully saturated rings. The highest BCUT2D eigenvalue weighted by molar-refractivity contribution is 5.87. The van der Waals surface area contributed by atoms with Gasteiger partial charge in [0.15, 0.2) is 0 Å². The lowest BCUT2D eigenvalue weighted by Crippen LogP contribution is -2.45. The summed E-state index contributed by atoms with van der Waals surface area (Å²) in [7, 11) is 1.64. The lowest BCUT2D eigenvalue weighted by Gasteiger charge is -2.14. The monoisotopic (exact) mass is 215 g/mol. The first-order valence-corrected chi connectivity index (χ1v) is 5.35. The quantitative estimate of drug-likeness (QED) is 0.488. The van der Waals surface area contributed by atoms with Crippen LogP contribution in [-0.2, 0) is 9.59 Å². The Morgan fingerprint density at radius 1 is 1.33 bits per heavy atom. The summed E-state index contributed by atoms with van der Waals surface area (Å²) < 4.78 is 0. The molecule has 1 unspecified atom stereocenters. The second-order valence-corrected chi connectivity index (χ2v) is 3.51. The Morgan fingerprint density at radius 3 is 2.47 bits per heavy atom. The molecule has 0 rings (SSSR count).